The van der Waals surface area contributed by atoms with Crippen molar-refractivity contribution in [3.8, 4) is 23.3 Å². The number of ether oxygens (including phenoxy) is 2. The van der Waals surface area contributed by atoms with E-state index in [0.29, 0.717) is 30.0 Å². The van der Waals surface area contributed by atoms with Gasteiger partial charge >= 0.3 is 6.09 Å². The quantitative estimate of drug-likeness (QED) is 0.517. The third-order valence-corrected chi connectivity index (χ3v) is 5.96. The Labute approximate surface area is 192 Å². The van der Waals surface area contributed by atoms with Crippen LogP contribution in [0.4, 0.5) is 4.79 Å². The number of benzene rings is 2. The monoisotopic (exact) mass is 443 g/mol. The van der Waals surface area contributed by atoms with E-state index in [1.54, 1.807) is 12.1 Å². The summed E-state index contributed by atoms with van der Waals surface area (Å²) < 4.78 is 11.8. The number of rotatable bonds is 7. The molecule has 1 heterocycles. The number of aromatic nitrogens is 1. The Hall–Kier alpha value is -4.05. The number of amides is 1. The molecule has 7 heteroatoms. The molecule has 1 fully saturated rings. The molecule has 0 aliphatic heterocycles. The highest BCUT2D eigenvalue weighted by Crippen LogP contribution is 2.34. The topological polar surface area (TPSA) is 104 Å². The molecule has 7 nitrogen and oxygen atoms in total. The average Bonchev–Trinajstić information content (AvgIpc) is 2.78. The molecule has 4 rings (SSSR count). The first kappa shape index (κ1) is 22.2. The predicted octanol–water partition coefficient (Wildman–Crippen LogP) is 5.25. The highest BCUT2D eigenvalue weighted by atomic mass is 16.5. The molecule has 168 valence electrons. The molecule has 1 aliphatic carbocycles. The molecule has 0 radical (unpaired) electrons. The van der Waals surface area contributed by atoms with Gasteiger partial charge in [-0.15, -0.1) is 0 Å². The van der Waals surface area contributed by atoms with Crippen LogP contribution in [0.15, 0.2) is 66.9 Å². The summed E-state index contributed by atoms with van der Waals surface area (Å²) in [6.45, 7) is 4.33. The van der Waals surface area contributed by atoms with Crippen molar-refractivity contribution < 1.29 is 19.4 Å². The molecule has 1 saturated carbocycles. The van der Waals surface area contributed by atoms with Gasteiger partial charge in [0.1, 0.15) is 35.1 Å². The number of hydrogen-bond acceptors (Lipinski definition) is 5. The summed E-state index contributed by atoms with van der Waals surface area (Å²) in [6, 6.07) is 21.3. The van der Waals surface area contributed by atoms with E-state index in [0.717, 1.165) is 16.9 Å². The lowest BCUT2D eigenvalue weighted by molar-refractivity contribution is 0.0833. The molecule has 2 aromatic carbocycles. The summed E-state index contributed by atoms with van der Waals surface area (Å²) in [7, 11) is 0. The zero-order valence-corrected chi connectivity index (χ0v) is 18.5. The van der Waals surface area contributed by atoms with Crippen LogP contribution in [0.5, 0.6) is 17.2 Å². The highest BCUT2D eigenvalue weighted by Gasteiger charge is 2.32. The normalized spacial score (nSPS) is 17.4. The third-order valence-electron chi connectivity index (χ3n) is 5.96. The smallest absolute Gasteiger partial charge is 0.404 e. The zero-order chi connectivity index (χ0) is 23.4. The van der Waals surface area contributed by atoms with Crippen molar-refractivity contribution in [1.29, 1.82) is 5.26 Å². The summed E-state index contributed by atoms with van der Waals surface area (Å²) in [6.07, 6.45) is 1.96. The minimum atomic E-state index is -0.990. The molecule has 33 heavy (non-hydrogen) atoms. The van der Waals surface area contributed by atoms with Crippen LogP contribution in [0.3, 0.4) is 0 Å². The molecule has 0 saturated heterocycles. The lowest BCUT2D eigenvalue weighted by Crippen LogP contribution is -2.48. The molecule has 2 N–H and O–H groups in total. The molecular weight excluding hydrogens is 418 g/mol. The molecule has 0 spiro atoms. The number of hydrogen-bond donors (Lipinski definition) is 2. The number of nitriles is 1. The van der Waals surface area contributed by atoms with E-state index >= 15 is 0 Å². The molecule has 1 amide bonds. The first-order valence-electron chi connectivity index (χ1n) is 10.7. The minimum Gasteiger partial charge on any atom is -0.490 e. The van der Waals surface area contributed by atoms with Gasteiger partial charge < -0.3 is 19.9 Å². The van der Waals surface area contributed by atoms with Gasteiger partial charge in [0.05, 0.1) is 6.20 Å². The molecule has 0 atom stereocenters. The van der Waals surface area contributed by atoms with E-state index in [2.05, 4.69) is 36.3 Å². The standard InChI is InChI=1S/C26H25N3O4/c1-26(2,17-3-8-21(9-4-17)32-23-12-7-19(15-27)28-16-23)18-5-10-22(11-6-18)33-24-13-20(14-24)29-25(30)31/h3-12,16,20,24,29H,13-14H2,1-2H3,(H,30,31)/t20-,24-. The summed E-state index contributed by atoms with van der Waals surface area (Å²) in [5, 5.41) is 20.1. The Bertz CT molecular complexity index is 1140. The van der Waals surface area contributed by atoms with Crippen LogP contribution in [-0.4, -0.2) is 28.3 Å². The van der Waals surface area contributed by atoms with Crippen molar-refractivity contribution in [2.24, 2.45) is 0 Å². The maximum absolute atomic E-state index is 10.7. The van der Waals surface area contributed by atoms with Crippen LogP contribution in [0.1, 0.15) is 43.5 Å². The number of carbonyl (C=O) groups is 1. The molecule has 1 aromatic heterocycles. The van der Waals surface area contributed by atoms with Crippen LogP contribution < -0.4 is 14.8 Å². The molecule has 3 aromatic rings. The Kier molecular flexibility index (Phi) is 6.18. The van der Waals surface area contributed by atoms with Gasteiger partial charge in [0.25, 0.3) is 0 Å². The lowest BCUT2D eigenvalue weighted by Gasteiger charge is -2.35. The second-order valence-corrected chi connectivity index (χ2v) is 8.62. The lowest BCUT2D eigenvalue weighted by atomic mass is 9.78. The Morgan fingerprint density at radius 1 is 1.00 bits per heavy atom. The van der Waals surface area contributed by atoms with E-state index in [1.807, 2.05) is 42.5 Å². The first-order chi connectivity index (χ1) is 15.8. The van der Waals surface area contributed by atoms with E-state index in [9.17, 15) is 4.79 Å². The van der Waals surface area contributed by atoms with Crippen molar-refractivity contribution in [2.45, 2.75) is 44.2 Å². The van der Waals surface area contributed by atoms with E-state index in [-0.39, 0.29) is 17.6 Å². The predicted molar refractivity (Wildman–Crippen MR) is 123 cm³/mol. The van der Waals surface area contributed by atoms with Crippen LogP contribution in [0, 0.1) is 11.3 Å². The van der Waals surface area contributed by atoms with Crippen LogP contribution in [0.2, 0.25) is 0 Å². The summed E-state index contributed by atoms with van der Waals surface area (Å²) in [5.74, 6) is 2.06. The van der Waals surface area contributed by atoms with Gasteiger partial charge in [0.2, 0.25) is 0 Å². The Balaban J connectivity index is 1.37. The first-order valence-corrected chi connectivity index (χ1v) is 10.7. The zero-order valence-electron chi connectivity index (χ0n) is 18.5. The number of nitrogens with zero attached hydrogens (tertiary/aromatic N) is 2. The van der Waals surface area contributed by atoms with Gasteiger partial charge in [-0.05, 0) is 47.5 Å². The summed E-state index contributed by atoms with van der Waals surface area (Å²) in [4.78, 5) is 14.7. The number of pyridine rings is 1. The maximum Gasteiger partial charge on any atom is 0.404 e. The Morgan fingerprint density at radius 2 is 1.58 bits per heavy atom. The van der Waals surface area contributed by atoms with E-state index in [1.165, 1.54) is 6.20 Å². The van der Waals surface area contributed by atoms with Gasteiger partial charge in [-0.2, -0.15) is 5.26 Å². The third kappa shape index (κ3) is 5.24. The largest absolute Gasteiger partial charge is 0.490 e. The van der Waals surface area contributed by atoms with Gasteiger partial charge in [0.15, 0.2) is 0 Å². The Morgan fingerprint density at radius 3 is 2.09 bits per heavy atom. The van der Waals surface area contributed by atoms with Gasteiger partial charge in [-0.1, -0.05) is 38.1 Å². The second-order valence-electron chi connectivity index (χ2n) is 8.62. The fraction of sp³-hybridized carbons (Fsp3) is 0.269. The fourth-order valence-corrected chi connectivity index (χ4v) is 3.85. The SMILES string of the molecule is CC(C)(c1ccc(Oc2ccc(C#N)nc2)cc1)c1ccc(O[C@H]2C[C@H](NC(=O)O)C2)cc1. The minimum absolute atomic E-state index is 0.0224. The number of nitrogens with one attached hydrogen (secondary N) is 1. The van der Waals surface area contributed by atoms with E-state index in [4.69, 9.17) is 19.8 Å². The van der Waals surface area contributed by atoms with Crippen molar-refractivity contribution in [1.82, 2.24) is 10.3 Å². The molecule has 1 aliphatic rings. The molecule has 0 bridgehead atoms. The van der Waals surface area contributed by atoms with Crippen molar-refractivity contribution in [3.05, 3.63) is 83.7 Å². The molecule has 0 unspecified atom stereocenters. The van der Waals surface area contributed by atoms with Gasteiger partial charge in [-0.3, -0.25) is 0 Å². The second kappa shape index (κ2) is 9.21. The summed E-state index contributed by atoms with van der Waals surface area (Å²) in [5.41, 5.74) is 2.42. The van der Waals surface area contributed by atoms with Gasteiger partial charge in [0, 0.05) is 24.3 Å². The van der Waals surface area contributed by atoms with Crippen molar-refractivity contribution in [2.75, 3.05) is 0 Å². The van der Waals surface area contributed by atoms with Gasteiger partial charge in [-0.25, -0.2) is 9.78 Å². The maximum atomic E-state index is 10.7. The van der Waals surface area contributed by atoms with Crippen molar-refractivity contribution >= 4 is 6.09 Å². The van der Waals surface area contributed by atoms with Crippen molar-refractivity contribution in [3.63, 3.8) is 0 Å². The molecular formula is C26H25N3O4. The van der Waals surface area contributed by atoms with Crippen LogP contribution in [0.25, 0.3) is 0 Å². The van der Waals surface area contributed by atoms with Crippen LogP contribution in [-0.2, 0) is 5.41 Å². The average molecular weight is 444 g/mol. The van der Waals surface area contributed by atoms with E-state index < -0.39 is 6.09 Å². The number of carboxylic acid groups (broad SMARTS) is 1. The van der Waals surface area contributed by atoms with Crippen LogP contribution >= 0.6 is 0 Å². The highest BCUT2D eigenvalue weighted by molar-refractivity contribution is 5.65. The summed E-state index contributed by atoms with van der Waals surface area (Å²) >= 11 is 0. The fourth-order valence-electron chi connectivity index (χ4n) is 3.85.